The molecule has 1 atom stereocenters. The molecule has 1 nitrogen and oxygen atoms in total. The van der Waals surface area contributed by atoms with Crippen LogP contribution in [0.15, 0.2) is 73.3 Å². The SMILES string of the molecule is C=CCC(c1ccccc1)(c1ccccc1)[C@@H](C)O. The van der Waals surface area contributed by atoms with Crippen molar-refractivity contribution in [3.63, 3.8) is 0 Å². The first kappa shape index (κ1) is 13.6. The number of rotatable bonds is 5. The topological polar surface area (TPSA) is 20.2 Å². The summed E-state index contributed by atoms with van der Waals surface area (Å²) >= 11 is 0. The van der Waals surface area contributed by atoms with Crippen LogP contribution in [0.4, 0.5) is 0 Å². The zero-order chi connectivity index (χ0) is 13.7. The molecule has 19 heavy (non-hydrogen) atoms. The third kappa shape index (κ3) is 2.47. The van der Waals surface area contributed by atoms with E-state index in [0.717, 1.165) is 11.1 Å². The maximum Gasteiger partial charge on any atom is 0.0652 e. The van der Waals surface area contributed by atoms with Gasteiger partial charge in [-0.25, -0.2) is 0 Å². The van der Waals surface area contributed by atoms with E-state index in [1.165, 1.54) is 0 Å². The molecule has 2 rings (SSSR count). The fourth-order valence-corrected chi connectivity index (χ4v) is 2.75. The summed E-state index contributed by atoms with van der Waals surface area (Å²) in [6.45, 7) is 5.72. The molecule has 0 radical (unpaired) electrons. The van der Waals surface area contributed by atoms with Gasteiger partial charge < -0.3 is 5.11 Å². The van der Waals surface area contributed by atoms with Gasteiger partial charge >= 0.3 is 0 Å². The molecule has 0 unspecified atom stereocenters. The van der Waals surface area contributed by atoms with Crippen LogP contribution >= 0.6 is 0 Å². The first-order valence-corrected chi connectivity index (χ1v) is 6.62. The van der Waals surface area contributed by atoms with Gasteiger partial charge in [-0.3, -0.25) is 0 Å². The second-order valence-electron chi connectivity index (χ2n) is 4.87. The molecule has 0 fully saturated rings. The standard InChI is InChI=1S/C18H20O/c1-3-14-18(15(2)19,16-10-6-4-7-11-16)17-12-8-5-9-13-17/h3-13,15,19H,1,14H2,2H3/t15-/m1/s1. The molecule has 1 N–H and O–H groups in total. The van der Waals surface area contributed by atoms with E-state index in [0.29, 0.717) is 6.42 Å². The molecule has 0 aliphatic rings. The maximum atomic E-state index is 10.5. The van der Waals surface area contributed by atoms with Gasteiger partial charge in [0, 0.05) is 5.41 Å². The molecular formula is C18H20O. The molecule has 0 amide bonds. The Morgan fingerprint density at radius 2 is 1.42 bits per heavy atom. The van der Waals surface area contributed by atoms with E-state index in [2.05, 4.69) is 30.8 Å². The monoisotopic (exact) mass is 252 g/mol. The Morgan fingerprint density at radius 3 is 1.74 bits per heavy atom. The summed E-state index contributed by atoms with van der Waals surface area (Å²) in [5.74, 6) is 0. The normalized spacial score (nSPS) is 12.9. The third-order valence-corrected chi connectivity index (χ3v) is 3.76. The predicted molar refractivity (Wildman–Crippen MR) is 80.2 cm³/mol. The van der Waals surface area contributed by atoms with Crippen molar-refractivity contribution in [1.29, 1.82) is 0 Å². The van der Waals surface area contributed by atoms with Crippen LogP contribution in [0.1, 0.15) is 24.5 Å². The zero-order valence-electron chi connectivity index (χ0n) is 11.3. The van der Waals surface area contributed by atoms with Gasteiger partial charge in [0.15, 0.2) is 0 Å². The van der Waals surface area contributed by atoms with Gasteiger partial charge in [-0.15, -0.1) is 6.58 Å². The molecule has 0 saturated carbocycles. The summed E-state index contributed by atoms with van der Waals surface area (Å²) in [4.78, 5) is 0. The Hall–Kier alpha value is -1.86. The quantitative estimate of drug-likeness (QED) is 0.799. The lowest BCUT2D eigenvalue weighted by molar-refractivity contribution is 0.120. The average molecular weight is 252 g/mol. The van der Waals surface area contributed by atoms with Gasteiger partial charge in [0.1, 0.15) is 0 Å². The number of allylic oxidation sites excluding steroid dienone is 1. The fraction of sp³-hybridized carbons (Fsp3) is 0.222. The Labute approximate surface area is 115 Å². The van der Waals surface area contributed by atoms with Crippen LogP contribution in [-0.4, -0.2) is 11.2 Å². The highest BCUT2D eigenvalue weighted by Crippen LogP contribution is 2.39. The molecule has 1 heteroatoms. The van der Waals surface area contributed by atoms with Crippen LogP contribution in [0.2, 0.25) is 0 Å². The summed E-state index contributed by atoms with van der Waals surface area (Å²) in [7, 11) is 0. The molecule has 0 bridgehead atoms. The Balaban J connectivity index is 2.64. The highest BCUT2D eigenvalue weighted by Gasteiger charge is 2.37. The molecular weight excluding hydrogens is 232 g/mol. The zero-order valence-corrected chi connectivity index (χ0v) is 11.3. The van der Waals surface area contributed by atoms with Crippen molar-refractivity contribution in [2.24, 2.45) is 0 Å². The van der Waals surface area contributed by atoms with Gasteiger partial charge in [0.25, 0.3) is 0 Å². The maximum absolute atomic E-state index is 10.5. The van der Waals surface area contributed by atoms with E-state index in [-0.39, 0.29) is 0 Å². The van der Waals surface area contributed by atoms with Gasteiger partial charge in [0.2, 0.25) is 0 Å². The molecule has 0 aliphatic carbocycles. The molecule has 0 saturated heterocycles. The highest BCUT2D eigenvalue weighted by molar-refractivity contribution is 5.41. The van der Waals surface area contributed by atoms with E-state index >= 15 is 0 Å². The van der Waals surface area contributed by atoms with Gasteiger partial charge in [-0.05, 0) is 24.5 Å². The lowest BCUT2D eigenvalue weighted by Crippen LogP contribution is -2.38. The second-order valence-corrected chi connectivity index (χ2v) is 4.87. The van der Waals surface area contributed by atoms with Crippen LogP contribution in [-0.2, 0) is 5.41 Å². The van der Waals surface area contributed by atoms with Crippen molar-refractivity contribution in [1.82, 2.24) is 0 Å². The summed E-state index contributed by atoms with van der Waals surface area (Å²) in [6, 6.07) is 20.3. The summed E-state index contributed by atoms with van der Waals surface area (Å²) in [5, 5.41) is 10.5. The number of hydrogen-bond acceptors (Lipinski definition) is 1. The average Bonchev–Trinajstić information content (AvgIpc) is 2.46. The Morgan fingerprint density at radius 1 is 1.00 bits per heavy atom. The summed E-state index contributed by atoms with van der Waals surface area (Å²) in [5.41, 5.74) is 1.82. The van der Waals surface area contributed by atoms with Crippen LogP contribution in [0.25, 0.3) is 0 Å². The highest BCUT2D eigenvalue weighted by atomic mass is 16.3. The number of aliphatic hydroxyl groups excluding tert-OH is 1. The van der Waals surface area contributed by atoms with Crippen molar-refractivity contribution in [2.45, 2.75) is 24.9 Å². The van der Waals surface area contributed by atoms with Gasteiger partial charge in [-0.2, -0.15) is 0 Å². The largest absolute Gasteiger partial charge is 0.392 e. The molecule has 98 valence electrons. The minimum atomic E-state index is -0.490. The predicted octanol–water partition coefficient (Wildman–Crippen LogP) is 3.93. The van der Waals surface area contributed by atoms with Crippen molar-refractivity contribution in [2.75, 3.05) is 0 Å². The molecule has 0 aromatic heterocycles. The molecule has 2 aromatic rings. The van der Waals surface area contributed by atoms with Crippen LogP contribution in [0.5, 0.6) is 0 Å². The number of benzene rings is 2. The van der Waals surface area contributed by atoms with Crippen LogP contribution in [0, 0.1) is 0 Å². The molecule has 0 heterocycles. The molecule has 2 aromatic carbocycles. The number of hydrogen-bond donors (Lipinski definition) is 1. The minimum absolute atomic E-state index is 0.426. The second kappa shape index (κ2) is 5.85. The first-order chi connectivity index (χ1) is 9.21. The van der Waals surface area contributed by atoms with E-state index in [1.54, 1.807) is 0 Å². The van der Waals surface area contributed by atoms with Gasteiger partial charge in [-0.1, -0.05) is 66.7 Å². The third-order valence-electron chi connectivity index (χ3n) is 3.76. The van der Waals surface area contributed by atoms with Crippen LogP contribution < -0.4 is 0 Å². The van der Waals surface area contributed by atoms with Crippen LogP contribution in [0.3, 0.4) is 0 Å². The van der Waals surface area contributed by atoms with Crippen molar-refractivity contribution in [3.05, 3.63) is 84.4 Å². The van der Waals surface area contributed by atoms with E-state index < -0.39 is 11.5 Å². The van der Waals surface area contributed by atoms with Crippen molar-refractivity contribution >= 4 is 0 Å². The minimum Gasteiger partial charge on any atom is -0.392 e. The van der Waals surface area contributed by atoms with Gasteiger partial charge in [0.05, 0.1) is 6.10 Å². The lowest BCUT2D eigenvalue weighted by Gasteiger charge is -2.37. The van der Waals surface area contributed by atoms with E-state index in [1.807, 2.05) is 49.4 Å². The number of aliphatic hydroxyl groups is 1. The lowest BCUT2D eigenvalue weighted by atomic mass is 9.68. The first-order valence-electron chi connectivity index (χ1n) is 6.62. The molecule has 0 spiro atoms. The van der Waals surface area contributed by atoms with Crippen molar-refractivity contribution in [3.8, 4) is 0 Å². The Bertz CT molecular complexity index is 474. The van der Waals surface area contributed by atoms with E-state index in [9.17, 15) is 5.11 Å². The summed E-state index contributed by atoms with van der Waals surface area (Å²) in [6.07, 6.45) is 2.10. The summed E-state index contributed by atoms with van der Waals surface area (Å²) < 4.78 is 0. The molecule has 0 aliphatic heterocycles. The van der Waals surface area contributed by atoms with E-state index in [4.69, 9.17) is 0 Å². The smallest absolute Gasteiger partial charge is 0.0652 e. The fourth-order valence-electron chi connectivity index (χ4n) is 2.75. The van der Waals surface area contributed by atoms with Crippen molar-refractivity contribution < 1.29 is 5.11 Å². The Kier molecular flexibility index (Phi) is 4.18.